The van der Waals surface area contributed by atoms with Gasteiger partial charge in [0.2, 0.25) is 0 Å². The molecule has 0 bridgehead atoms. The highest BCUT2D eigenvalue weighted by Gasteiger charge is 2.39. The first-order valence-corrected chi connectivity index (χ1v) is 11.6. The molecule has 0 fully saturated rings. The molecule has 34 heavy (non-hydrogen) atoms. The molecule has 3 aromatic carbocycles. The summed E-state index contributed by atoms with van der Waals surface area (Å²) in [5, 5.41) is 2.69. The van der Waals surface area contributed by atoms with Crippen LogP contribution in [0.5, 0.6) is 5.75 Å². The van der Waals surface area contributed by atoms with Crippen molar-refractivity contribution in [2.24, 2.45) is 0 Å². The van der Waals surface area contributed by atoms with Crippen molar-refractivity contribution in [3.05, 3.63) is 91.7 Å². The summed E-state index contributed by atoms with van der Waals surface area (Å²) < 4.78 is 6.35. The van der Waals surface area contributed by atoms with Gasteiger partial charge in [0.25, 0.3) is 11.8 Å². The minimum Gasteiger partial charge on any atom is -0.421 e. The fraction of sp³-hybridized carbons (Fsp3) is 0.0800. The number of carbonyl (C=O) groups excluding carboxylic acids is 3. The normalized spacial score (nSPS) is 13.5. The third-order valence-corrected chi connectivity index (χ3v) is 6.21. The summed E-state index contributed by atoms with van der Waals surface area (Å²) in [6.07, 6.45) is 0. The Morgan fingerprint density at radius 2 is 1.71 bits per heavy atom. The summed E-state index contributed by atoms with van der Waals surface area (Å²) in [6, 6.07) is 16.8. The summed E-state index contributed by atoms with van der Waals surface area (Å²) in [5.41, 5.74) is 9.20. The molecular formula is C25H19ClIN3O4. The van der Waals surface area contributed by atoms with E-state index in [4.69, 9.17) is 22.1 Å². The zero-order valence-electron chi connectivity index (χ0n) is 18.2. The van der Waals surface area contributed by atoms with Gasteiger partial charge in [-0.2, -0.15) is 0 Å². The predicted molar refractivity (Wildman–Crippen MR) is 140 cm³/mol. The Balaban J connectivity index is 1.50. The van der Waals surface area contributed by atoms with E-state index in [1.54, 1.807) is 36.4 Å². The van der Waals surface area contributed by atoms with Crippen LogP contribution in [-0.4, -0.2) is 17.8 Å². The van der Waals surface area contributed by atoms with E-state index in [9.17, 15) is 14.4 Å². The van der Waals surface area contributed by atoms with Crippen LogP contribution in [0.4, 0.5) is 17.1 Å². The number of rotatable bonds is 5. The molecule has 1 heterocycles. The molecule has 0 atom stereocenters. The Labute approximate surface area is 214 Å². The van der Waals surface area contributed by atoms with Crippen molar-refractivity contribution < 1.29 is 19.1 Å². The highest BCUT2D eigenvalue weighted by molar-refractivity contribution is 14.1. The predicted octanol–water partition coefficient (Wildman–Crippen LogP) is 5.15. The van der Waals surface area contributed by atoms with Crippen LogP contribution in [0.15, 0.2) is 71.4 Å². The van der Waals surface area contributed by atoms with Gasteiger partial charge in [-0.05, 0) is 102 Å². The topological polar surface area (TPSA) is 102 Å². The van der Waals surface area contributed by atoms with Crippen LogP contribution in [-0.2, 0) is 9.59 Å². The van der Waals surface area contributed by atoms with E-state index < -0.39 is 17.8 Å². The van der Waals surface area contributed by atoms with Gasteiger partial charge >= 0.3 is 5.97 Å². The van der Waals surface area contributed by atoms with Crippen LogP contribution in [0.1, 0.15) is 21.5 Å². The standard InChI is InChI=1S/C25H19ClIN3O4/c1-13-3-10-20(18(28)11-13)34-25(33)15-4-7-17(8-5-15)29-22-21(26)23(31)30(24(22)32)19-9-6-16(27)12-14(19)2/h3-12,29H,28H2,1-2H3. The molecule has 0 unspecified atom stereocenters. The zero-order chi connectivity index (χ0) is 24.6. The van der Waals surface area contributed by atoms with Gasteiger partial charge in [0.15, 0.2) is 5.75 Å². The molecule has 0 aromatic heterocycles. The highest BCUT2D eigenvalue weighted by atomic mass is 127. The van der Waals surface area contributed by atoms with E-state index in [2.05, 4.69) is 27.9 Å². The van der Waals surface area contributed by atoms with Gasteiger partial charge in [0.05, 0.1) is 16.9 Å². The summed E-state index contributed by atoms with van der Waals surface area (Å²) in [5.74, 6) is -1.46. The van der Waals surface area contributed by atoms with Crippen LogP contribution in [0.3, 0.4) is 0 Å². The molecule has 172 valence electrons. The van der Waals surface area contributed by atoms with E-state index >= 15 is 0 Å². The Morgan fingerprint density at radius 3 is 2.35 bits per heavy atom. The Bertz CT molecular complexity index is 1370. The lowest BCUT2D eigenvalue weighted by Gasteiger charge is -2.17. The molecular weight excluding hydrogens is 569 g/mol. The summed E-state index contributed by atoms with van der Waals surface area (Å²) in [4.78, 5) is 39.3. The minimum atomic E-state index is -0.602. The maximum atomic E-state index is 13.0. The van der Waals surface area contributed by atoms with Crippen molar-refractivity contribution >= 4 is 69.0 Å². The number of hydrogen-bond donors (Lipinski definition) is 2. The molecule has 2 amide bonds. The molecule has 1 aliphatic rings. The van der Waals surface area contributed by atoms with Crippen LogP contribution in [0, 0.1) is 17.4 Å². The first kappa shape index (κ1) is 23.8. The van der Waals surface area contributed by atoms with Crippen molar-refractivity contribution in [3.63, 3.8) is 0 Å². The summed E-state index contributed by atoms with van der Waals surface area (Å²) in [7, 11) is 0. The molecule has 0 saturated heterocycles. The van der Waals surface area contributed by atoms with E-state index in [0.29, 0.717) is 17.1 Å². The summed E-state index contributed by atoms with van der Waals surface area (Å²) >= 11 is 8.38. The summed E-state index contributed by atoms with van der Waals surface area (Å²) in [6.45, 7) is 3.71. The number of halogens is 2. The van der Waals surface area contributed by atoms with Gasteiger partial charge in [0, 0.05) is 9.26 Å². The van der Waals surface area contributed by atoms with E-state index in [1.165, 1.54) is 12.1 Å². The number of aryl methyl sites for hydroxylation is 2. The molecule has 4 rings (SSSR count). The quantitative estimate of drug-likeness (QED) is 0.141. The van der Waals surface area contributed by atoms with E-state index in [0.717, 1.165) is 19.6 Å². The number of imide groups is 1. The van der Waals surface area contributed by atoms with Gasteiger partial charge in [-0.25, -0.2) is 9.69 Å². The average Bonchev–Trinajstić information content (AvgIpc) is 2.99. The first-order valence-electron chi connectivity index (χ1n) is 10.2. The number of hydrogen-bond acceptors (Lipinski definition) is 6. The maximum Gasteiger partial charge on any atom is 0.343 e. The van der Waals surface area contributed by atoms with Crippen LogP contribution in [0.2, 0.25) is 0 Å². The SMILES string of the molecule is Cc1ccc(OC(=O)c2ccc(NC3=C(Cl)C(=O)N(c4ccc(I)cc4C)C3=O)cc2)c(N)c1. The van der Waals surface area contributed by atoms with Crippen molar-refractivity contribution in [1.29, 1.82) is 0 Å². The second-order valence-corrected chi connectivity index (χ2v) is 9.32. The van der Waals surface area contributed by atoms with Crippen molar-refractivity contribution in [3.8, 4) is 5.75 Å². The van der Waals surface area contributed by atoms with Gasteiger partial charge in [-0.1, -0.05) is 17.7 Å². The van der Waals surface area contributed by atoms with Crippen molar-refractivity contribution in [1.82, 2.24) is 0 Å². The van der Waals surface area contributed by atoms with Crippen molar-refractivity contribution in [2.45, 2.75) is 13.8 Å². The second kappa shape index (κ2) is 9.47. The zero-order valence-corrected chi connectivity index (χ0v) is 21.1. The Kier molecular flexibility index (Phi) is 6.63. The molecule has 3 N–H and O–H groups in total. The van der Waals surface area contributed by atoms with Gasteiger partial charge in [0.1, 0.15) is 10.7 Å². The van der Waals surface area contributed by atoms with Gasteiger partial charge in [-0.3, -0.25) is 9.59 Å². The number of carbonyl (C=O) groups is 3. The monoisotopic (exact) mass is 587 g/mol. The maximum absolute atomic E-state index is 13.0. The molecule has 0 radical (unpaired) electrons. The van der Waals surface area contributed by atoms with E-state index in [1.807, 2.05) is 26.0 Å². The van der Waals surface area contributed by atoms with Gasteiger partial charge < -0.3 is 15.8 Å². The lowest BCUT2D eigenvalue weighted by molar-refractivity contribution is -0.120. The number of nitrogens with two attached hydrogens (primary N) is 1. The highest BCUT2D eigenvalue weighted by Crippen LogP contribution is 2.32. The molecule has 1 aliphatic heterocycles. The lowest BCUT2D eigenvalue weighted by atomic mass is 10.2. The smallest absolute Gasteiger partial charge is 0.343 e. The number of benzene rings is 3. The number of esters is 1. The number of amides is 2. The Hall–Kier alpha value is -3.37. The molecule has 9 heteroatoms. The number of nitrogens with zero attached hydrogens (tertiary/aromatic N) is 1. The number of ether oxygens (including phenoxy) is 1. The number of nitrogens with one attached hydrogen (secondary N) is 1. The van der Waals surface area contributed by atoms with Crippen LogP contribution in [0.25, 0.3) is 0 Å². The second-order valence-electron chi connectivity index (χ2n) is 7.70. The lowest BCUT2D eigenvalue weighted by Crippen LogP contribution is -2.32. The van der Waals surface area contributed by atoms with Crippen molar-refractivity contribution in [2.75, 3.05) is 16.0 Å². The molecule has 3 aromatic rings. The van der Waals surface area contributed by atoms with E-state index in [-0.39, 0.29) is 22.0 Å². The third kappa shape index (κ3) is 4.64. The Morgan fingerprint density at radius 1 is 1.00 bits per heavy atom. The molecule has 7 nitrogen and oxygen atoms in total. The molecule has 0 saturated carbocycles. The first-order chi connectivity index (χ1) is 16.2. The fourth-order valence-corrected chi connectivity index (χ4v) is 4.31. The van der Waals surface area contributed by atoms with Crippen LogP contribution >= 0.6 is 34.2 Å². The van der Waals surface area contributed by atoms with Gasteiger partial charge in [-0.15, -0.1) is 0 Å². The number of anilines is 3. The number of nitrogen functional groups attached to an aromatic ring is 1. The fourth-order valence-electron chi connectivity index (χ4n) is 3.45. The molecule has 0 aliphatic carbocycles. The molecule has 0 spiro atoms. The largest absolute Gasteiger partial charge is 0.421 e. The van der Waals surface area contributed by atoms with Crippen LogP contribution < -0.4 is 20.7 Å². The average molecular weight is 588 g/mol. The third-order valence-electron chi connectivity index (χ3n) is 5.18. The minimum absolute atomic E-state index is 0.0348.